The second-order valence-electron chi connectivity index (χ2n) is 4.83. The minimum atomic E-state index is 0.424. The number of rotatable bonds is 4. The van der Waals surface area contributed by atoms with Gasteiger partial charge >= 0.3 is 0 Å². The van der Waals surface area contributed by atoms with Gasteiger partial charge in [-0.25, -0.2) is 4.98 Å². The molecule has 4 nitrogen and oxygen atoms in total. The maximum Gasteiger partial charge on any atom is 0.227 e. The van der Waals surface area contributed by atoms with E-state index in [4.69, 9.17) is 21.1 Å². The molecule has 0 unspecified atom stereocenters. The lowest BCUT2D eigenvalue weighted by atomic mass is 10.3. The zero-order chi connectivity index (χ0) is 14.1. The highest BCUT2D eigenvalue weighted by molar-refractivity contribution is 6.30. The van der Waals surface area contributed by atoms with Crippen molar-refractivity contribution in [2.24, 2.45) is 0 Å². The third-order valence-electron chi connectivity index (χ3n) is 3.28. The predicted molar refractivity (Wildman–Crippen MR) is 76.8 cm³/mol. The molecule has 104 valence electrons. The van der Waals surface area contributed by atoms with Crippen molar-refractivity contribution in [3.63, 3.8) is 0 Å². The van der Waals surface area contributed by atoms with Crippen LogP contribution in [0.15, 0.2) is 24.3 Å². The topological polar surface area (TPSA) is 44.2 Å². The van der Waals surface area contributed by atoms with Gasteiger partial charge in [0.25, 0.3) is 0 Å². The summed E-state index contributed by atoms with van der Waals surface area (Å²) in [5.74, 6) is 2.97. The Morgan fingerprint density at radius 1 is 1.15 bits per heavy atom. The summed E-state index contributed by atoms with van der Waals surface area (Å²) in [7, 11) is 1.61. The molecule has 1 aliphatic carbocycles. The summed E-state index contributed by atoms with van der Waals surface area (Å²) >= 11 is 6.17. The minimum absolute atomic E-state index is 0.424. The molecular formula is C15H15ClN2O2. The van der Waals surface area contributed by atoms with Crippen LogP contribution >= 0.6 is 11.6 Å². The van der Waals surface area contributed by atoms with Crippen molar-refractivity contribution in [3.05, 3.63) is 40.8 Å². The van der Waals surface area contributed by atoms with E-state index in [9.17, 15) is 0 Å². The quantitative estimate of drug-likeness (QED) is 0.795. The molecule has 0 bridgehead atoms. The Labute approximate surface area is 122 Å². The number of methoxy groups -OCH3 is 1. The molecule has 0 radical (unpaired) electrons. The Morgan fingerprint density at radius 3 is 2.50 bits per heavy atom. The number of benzene rings is 1. The van der Waals surface area contributed by atoms with Crippen molar-refractivity contribution in [2.75, 3.05) is 7.11 Å². The van der Waals surface area contributed by atoms with Crippen molar-refractivity contribution >= 4 is 11.6 Å². The molecule has 1 saturated carbocycles. The first-order valence-electron chi connectivity index (χ1n) is 6.54. The Morgan fingerprint density at radius 2 is 1.85 bits per heavy atom. The van der Waals surface area contributed by atoms with E-state index in [1.165, 1.54) is 0 Å². The normalized spacial score (nSPS) is 14.2. The molecule has 0 aliphatic heterocycles. The summed E-state index contributed by atoms with van der Waals surface area (Å²) in [4.78, 5) is 8.82. The van der Waals surface area contributed by atoms with E-state index in [1.807, 2.05) is 31.2 Å². The summed E-state index contributed by atoms with van der Waals surface area (Å²) in [6, 6.07) is 7.46. The number of halogens is 1. The van der Waals surface area contributed by atoms with Crippen LogP contribution in [-0.2, 0) is 0 Å². The fraction of sp³-hybridized carbons (Fsp3) is 0.333. The summed E-state index contributed by atoms with van der Waals surface area (Å²) in [5, 5.41) is 0.451. The van der Waals surface area contributed by atoms with Crippen LogP contribution in [0.2, 0.25) is 5.15 Å². The van der Waals surface area contributed by atoms with Gasteiger partial charge in [-0.15, -0.1) is 0 Å². The van der Waals surface area contributed by atoms with Gasteiger partial charge in [0.05, 0.1) is 7.11 Å². The van der Waals surface area contributed by atoms with E-state index < -0.39 is 0 Å². The SMILES string of the molecule is COc1ccccc1Oc1nc(C2CC2)nc(Cl)c1C. The summed E-state index contributed by atoms with van der Waals surface area (Å²) in [6.07, 6.45) is 2.24. The van der Waals surface area contributed by atoms with Crippen LogP contribution in [-0.4, -0.2) is 17.1 Å². The molecule has 1 fully saturated rings. The second kappa shape index (κ2) is 5.29. The third kappa shape index (κ3) is 2.56. The first-order chi connectivity index (χ1) is 9.69. The highest BCUT2D eigenvalue weighted by Gasteiger charge is 2.28. The largest absolute Gasteiger partial charge is 0.493 e. The number of para-hydroxylation sites is 2. The van der Waals surface area contributed by atoms with Gasteiger partial charge in [0, 0.05) is 11.5 Å². The van der Waals surface area contributed by atoms with Crippen molar-refractivity contribution in [1.82, 2.24) is 9.97 Å². The second-order valence-corrected chi connectivity index (χ2v) is 5.19. The summed E-state index contributed by atoms with van der Waals surface area (Å²) in [5.41, 5.74) is 0.738. The van der Waals surface area contributed by atoms with Crippen LogP contribution in [0.25, 0.3) is 0 Å². The number of hydrogen-bond donors (Lipinski definition) is 0. The highest BCUT2D eigenvalue weighted by Crippen LogP contribution is 2.41. The summed E-state index contributed by atoms with van der Waals surface area (Å²) < 4.78 is 11.1. The van der Waals surface area contributed by atoms with Gasteiger partial charge in [-0.2, -0.15) is 4.98 Å². The predicted octanol–water partition coefficient (Wildman–Crippen LogP) is 4.12. The maximum absolute atomic E-state index is 6.17. The Bertz CT molecular complexity index is 642. The number of aromatic nitrogens is 2. The first-order valence-corrected chi connectivity index (χ1v) is 6.91. The van der Waals surface area contributed by atoms with E-state index in [0.717, 1.165) is 24.2 Å². The third-order valence-corrected chi connectivity index (χ3v) is 3.65. The molecule has 0 spiro atoms. The average molecular weight is 291 g/mol. The van der Waals surface area contributed by atoms with E-state index in [2.05, 4.69) is 9.97 Å². The highest BCUT2D eigenvalue weighted by atomic mass is 35.5. The molecular weight excluding hydrogens is 276 g/mol. The van der Waals surface area contributed by atoms with E-state index in [-0.39, 0.29) is 0 Å². The number of nitrogens with zero attached hydrogens (tertiary/aromatic N) is 2. The van der Waals surface area contributed by atoms with E-state index in [1.54, 1.807) is 7.11 Å². The Balaban J connectivity index is 1.97. The molecule has 2 aromatic rings. The van der Waals surface area contributed by atoms with E-state index in [0.29, 0.717) is 28.5 Å². The van der Waals surface area contributed by atoms with Crippen molar-refractivity contribution in [2.45, 2.75) is 25.7 Å². The zero-order valence-corrected chi connectivity index (χ0v) is 12.1. The Hall–Kier alpha value is -1.81. The standard InChI is InChI=1S/C15H15ClN2O2/c1-9-13(16)17-14(10-7-8-10)18-15(9)20-12-6-4-3-5-11(12)19-2/h3-6,10H,7-8H2,1-2H3. The van der Waals surface area contributed by atoms with Gasteiger partial charge in [-0.1, -0.05) is 23.7 Å². The molecule has 0 N–H and O–H groups in total. The average Bonchev–Trinajstić information content (AvgIpc) is 3.28. The minimum Gasteiger partial charge on any atom is -0.493 e. The molecule has 1 heterocycles. The summed E-state index contributed by atoms with van der Waals surface area (Å²) in [6.45, 7) is 1.85. The maximum atomic E-state index is 6.17. The van der Waals surface area contributed by atoms with Gasteiger partial charge in [0.15, 0.2) is 11.5 Å². The molecule has 3 rings (SSSR count). The lowest BCUT2D eigenvalue weighted by Crippen LogP contribution is -2.00. The van der Waals surface area contributed by atoms with Gasteiger partial charge in [0.1, 0.15) is 11.0 Å². The van der Waals surface area contributed by atoms with E-state index >= 15 is 0 Å². The van der Waals surface area contributed by atoms with Crippen molar-refractivity contribution in [1.29, 1.82) is 0 Å². The van der Waals surface area contributed by atoms with Gasteiger partial charge in [-0.3, -0.25) is 0 Å². The number of hydrogen-bond acceptors (Lipinski definition) is 4. The fourth-order valence-corrected chi connectivity index (χ4v) is 2.08. The molecule has 1 aliphatic rings. The molecule has 1 aromatic carbocycles. The lowest BCUT2D eigenvalue weighted by Gasteiger charge is -2.12. The van der Waals surface area contributed by atoms with Crippen LogP contribution in [0.4, 0.5) is 0 Å². The molecule has 5 heteroatoms. The van der Waals surface area contributed by atoms with Crippen LogP contribution in [0, 0.1) is 6.92 Å². The first kappa shape index (κ1) is 13.2. The van der Waals surface area contributed by atoms with Crippen LogP contribution in [0.3, 0.4) is 0 Å². The lowest BCUT2D eigenvalue weighted by molar-refractivity contribution is 0.372. The van der Waals surface area contributed by atoms with Crippen molar-refractivity contribution in [3.8, 4) is 17.4 Å². The van der Waals surface area contributed by atoms with Gasteiger partial charge < -0.3 is 9.47 Å². The number of ether oxygens (including phenoxy) is 2. The van der Waals surface area contributed by atoms with Crippen LogP contribution in [0.1, 0.15) is 30.1 Å². The fourth-order valence-electron chi connectivity index (χ4n) is 1.92. The monoisotopic (exact) mass is 290 g/mol. The molecule has 20 heavy (non-hydrogen) atoms. The van der Waals surface area contributed by atoms with Gasteiger partial charge in [-0.05, 0) is 31.9 Å². The van der Waals surface area contributed by atoms with Crippen molar-refractivity contribution < 1.29 is 9.47 Å². The van der Waals surface area contributed by atoms with Crippen LogP contribution < -0.4 is 9.47 Å². The molecule has 0 saturated heterocycles. The molecule has 0 atom stereocenters. The Kier molecular flexibility index (Phi) is 3.49. The smallest absolute Gasteiger partial charge is 0.227 e. The molecule has 1 aromatic heterocycles. The van der Waals surface area contributed by atoms with Crippen LogP contribution in [0.5, 0.6) is 17.4 Å². The molecule has 0 amide bonds. The zero-order valence-electron chi connectivity index (χ0n) is 11.4. The van der Waals surface area contributed by atoms with Gasteiger partial charge in [0.2, 0.25) is 5.88 Å².